The lowest BCUT2D eigenvalue weighted by Gasteiger charge is -2.09. The molecule has 2 aromatic rings. The molecule has 0 radical (unpaired) electrons. The lowest BCUT2D eigenvalue weighted by atomic mass is 10.2. The lowest BCUT2D eigenvalue weighted by Crippen LogP contribution is -2.08. The number of halogens is 2. The number of methoxy groups -OCH3 is 1. The number of hydrogen-bond acceptors (Lipinski definition) is 5. The van der Waals surface area contributed by atoms with Gasteiger partial charge in [0.1, 0.15) is 17.7 Å². The summed E-state index contributed by atoms with van der Waals surface area (Å²) in [5.41, 5.74) is -0.113. The second kappa shape index (κ2) is 5.38. The van der Waals surface area contributed by atoms with Crippen molar-refractivity contribution in [2.45, 2.75) is 0 Å². The van der Waals surface area contributed by atoms with E-state index in [9.17, 15) is 13.6 Å². The van der Waals surface area contributed by atoms with Crippen molar-refractivity contribution in [3.8, 4) is 0 Å². The fourth-order valence-corrected chi connectivity index (χ4v) is 1.42. The van der Waals surface area contributed by atoms with Gasteiger partial charge in [-0.15, -0.1) is 0 Å². The number of carbonyl (C=O) groups is 1. The predicted octanol–water partition coefficient (Wildman–Crippen LogP) is 2.29. The Kier molecular flexibility index (Phi) is 3.65. The third-order valence-electron chi connectivity index (χ3n) is 2.32. The van der Waals surface area contributed by atoms with Crippen molar-refractivity contribution in [1.82, 2.24) is 9.97 Å². The van der Waals surface area contributed by atoms with Gasteiger partial charge < -0.3 is 10.1 Å². The van der Waals surface area contributed by atoms with Crippen molar-refractivity contribution in [3.05, 3.63) is 47.9 Å². The van der Waals surface area contributed by atoms with E-state index in [-0.39, 0.29) is 17.1 Å². The van der Waals surface area contributed by atoms with Crippen molar-refractivity contribution in [1.29, 1.82) is 0 Å². The Morgan fingerprint density at radius 2 is 2.16 bits per heavy atom. The highest BCUT2D eigenvalue weighted by Gasteiger charge is 2.15. The van der Waals surface area contributed by atoms with Crippen molar-refractivity contribution in [2.24, 2.45) is 0 Å². The standard InChI is InChI=1S/C12H9F2N3O2/c1-19-12(18)7-5-15-6-16-11(7)17-9-4-2-3-8(13)10(9)14/h2-6H,1H3,(H,15,16,17). The van der Waals surface area contributed by atoms with E-state index in [2.05, 4.69) is 20.0 Å². The van der Waals surface area contributed by atoms with Gasteiger partial charge in [0.05, 0.1) is 12.8 Å². The number of esters is 1. The molecule has 1 heterocycles. The maximum Gasteiger partial charge on any atom is 0.343 e. The third kappa shape index (κ3) is 2.65. The molecule has 0 saturated carbocycles. The van der Waals surface area contributed by atoms with Crippen LogP contribution in [0, 0.1) is 11.6 Å². The molecule has 0 saturated heterocycles. The molecular formula is C12H9F2N3O2. The topological polar surface area (TPSA) is 64.1 Å². The van der Waals surface area contributed by atoms with Crippen LogP contribution in [0.2, 0.25) is 0 Å². The summed E-state index contributed by atoms with van der Waals surface area (Å²) in [6.07, 6.45) is 2.39. The summed E-state index contributed by atoms with van der Waals surface area (Å²) >= 11 is 0. The van der Waals surface area contributed by atoms with E-state index in [1.165, 1.54) is 31.8 Å². The van der Waals surface area contributed by atoms with Crippen LogP contribution in [-0.4, -0.2) is 23.0 Å². The number of rotatable bonds is 3. The fourth-order valence-electron chi connectivity index (χ4n) is 1.42. The van der Waals surface area contributed by atoms with E-state index in [0.29, 0.717) is 0 Å². The van der Waals surface area contributed by atoms with Crippen LogP contribution in [-0.2, 0) is 4.74 Å². The first-order valence-electron chi connectivity index (χ1n) is 5.23. The molecule has 98 valence electrons. The number of anilines is 2. The summed E-state index contributed by atoms with van der Waals surface area (Å²) in [5.74, 6) is -2.71. The fraction of sp³-hybridized carbons (Fsp3) is 0.0833. The molecule has 1 aromatic carbocycles. The maximum absolute atomic E-state index is 13.5. The minimum absolute atomic E-state index is 0.0219. The molecule has 1 N–H and O–H groups in total. The molecule has 1 aromatic heterocycles. The molecule has 5 nitrogen and oxygen atoms in total. The Morgan fingerprint density at radius 1 is 1.37 bits per heavy atom. The van der Waals surface area contributed by atoms with Crippen LogP contribution in [0.4, 0.5) is 20.3 Å². The average molecular weight is 265 g/mol. The monoisotopic (exact) mass is 265 g/mol. The molecule has 7 heteroatoms. The van der Waals surface area contributed by atoms with Crippen molar-refractivity contribution in [2.75, 3.05) is 12.4 Å². The van der Waals surface area contributed by atoms with Crippen molar-refractivity contribution >= 4 is 17.5 Å². The van der Waals surface area contributed by atoms with E-state index in [1.807, 2.05) is 0 Å². The van der Waals surface area contributed by atoms with Gasteiger partial charge in [0, 0.05) is 6.20 Å². The smallest absolute Gasteiger partial charge is 0.343 e. The molecular weight excluding hydrogens is 256 g/mol. The minimum Gasteiger partial charge on any atom is -0.465 e. The van der Waals surface area contributed by atoms with Gasteiger partial charge >= 0.3 is 5.97 Å². The molecule has 2 rings (SSSR count). The first kappa shape index (κ1) is 12.9. The number of ether oxygens (including phenoxy) is 1. The zero-order chi connectivity index (χ0) is 13.8. The average Bonchev–Trinajstić information content (AvgIpc) is 2.43. The Morgan fingerprint density at radius 3 is 2.89 bits per heavy atom. The highest BCUT2D eigenvalue weighted by Crippen LogP contribution is 2.22. The van der Waals surface area contributed by atoms with Gasteiger partial charge in [-0.2, -0.15) is 0 Å². The Labute approximate surface area is 107 Å². The molecule has 19 heavy (non-hydrogen) atoms. The van der Waals surface area contributed by atoms with Crippen LogP contribution in [0.15, 0.2) is 30.7 Å². The summed E-state index contributed by atoms with van der Waals surface area (Å²) in [6, 6.07) is 3.64. The largest absolute Gasteiger partial charge is 0.465 e. The van der Waals surface area contributed by atoms with Crippen LogP contribution in [0.1, 0.15) is 10.4 Å². The Hall–Kier alpha value is -2.57. The molecule has 0 spiro atoms. The van der Waals surface area contributed by atoms with Crippen LogP contribution in [0.25, 0.3) is 0 Å². The second-order valence-corrected chi connectivity index (χ2v) is 3.50. The number of nitrogens with one attached hydrogen (secondary N) is 1. The predicted molar refractivity (Wildman–Crippen MR) is 63.0 cm³/mol. The number of nitrogens with zero attached hydrogens (tertiary/aromatic N) is 2. The molecule has 0 aliphatic carbocycles. The minimum atomic E-state index is -1.06. The Bertz CT molecular complexity index is 620. The molecule has 0 aliphatic heterocycles. The van der Waals surface area contributed by atoms with E-state index in [1.54, 1.807) is 0 Å². The molecule has 0 aliphatic rings. The summed E-state index contributed by atoms with van der Waals surface area (Å²) in [5, 5.41) is 2.53. The lowest BCUT2D eigenvalue weighted by molar-refractivity contribution is 0.0601. The van der Waals surface area contributed by atoms with E-state index >= 15 is 0 Å². The second-order valence-electron chi connectivity index (χ2n) is 3.50. The summed E-state index contributed by atoms with van der Waals surface area (Å²) in [6.45, 7) is 0. The molecule has 0 atom stereocenters. The number of carbonyl (C=O) groups excluding carboxylic acids is 1. The quantitative estimate of drug-likeness (QED) is 0.862. The van der Waals surface area contributed by atoms with Crippen LogP contribution >= 0.6 is 0 Å². The highest BCUT2D eigenvalue weighted by atomic mass is 19.2. The third-order valence-corrected chi connectivity index (χ3v) is 2.32. The van der Waals surface area contributed by atoms with Gasteiger partial charge in [-0.05, 0) is 12.1 Å². The van der Waals surface area contributed by atoms with Gasteiger partial charge in [-0.3, -0.25) is 0 Å². The van der Waals surface area contributed by atoms with E-state index in [0.717, 1.165) is 6.07 Å². The van der Waals surface area contributed by atoms with Crippen LogP contribution < -0.4 is 5.32 Å². The first-order chi connectivity index (χ1) is 9.13. The van der Waals surface area contributed by atoms with Gasteiger partial charge in [0.2, 0.25) is 0 Å². The number of aromatic nitrogens is 2. The van der Waals surface area contributed by atoms with Gasteiger partial charge in [0.15, 0.2) is 11.6 Å². The summed E-state index contributed by atoms with van der Waals surface area (Å²) in [7, 11) is 1.20. The van der Waals surface area contributed by atoms with Gasteiger partial charge in [-0.25, -0.2) is 23.5 Å². The molecule has 0 bridgehead atoms. The summed E-state index contributed by atoms with van der Waals surface area (Å²) < 4.78 is 31.1. The number of hydrogen-bond donors (Lipinski definition) is 1. The highest BCUT2D eigenvalue weighted by molar-refractivity contribution is 5.94. The number of benzene rings is 1. The first-order valence-corrected chi connectivity index (χ1v) is 5.23. The SMILES string of the molecule is COC(=O)c1cncnc1Nc1cccc(F)c1F. The van der Waals surface area contributed by atoms with E-state index < -0.39 is 17.6 Å². The van der Waals surface area contributed by atoms with Crippen molar-refractivity contribution in [3.63, 3.8) is 0 Å². The van der Waals surface area contributed by atoms with Gasteiger partial charge in [0.25, 0.3) is 0 Å². The van der Waals surface area contributed by atoms with E-state index in [4.69, 9.17) is 0 Å². The summed E-state index contributed by atoms with van der Waals surface area (Å²) in [4.78, 5) is 18.9. The van der Waals surface area contributed by atoms with Gasteiger partial charge in [-0.1, -0.05) is 6.07 Å². The molecule has 0 amide bonds. The Balaban J connectivity index is 2.39. The van der Waals surface area contributed by atoms with Crippen molar-refractivity contribution < 1.29 is 18.3 Å². The zero-order valence-electron chi connectivity index (χ0n) is 9.85. The zero-order valence-corrected chi connectivity index (χ0v) is 9.85. The molecule has 0 unspecified atom stereocenters. The van der Waals surface area contributed by atoms with Crippen LogP contribution in [0.5, 0.6) is 0 Å². The maximum atomic E-state index is 13.5. The van der Waals surface area contributed by atoms with Crippen LogP contribution in [0.3, 0.4) is 0 Å². The molecule has 0 fully saturated rings. The normalized spacial score (nSPS) is 10.1.